The third kappa shape index (κ3) is 3.71. The van der Waals surface area contributed by atoms with Gasteiger partial charge in [0.15, 0.2) is 5.82 Å². The van der Waals surface area contributed by atoms with Crippen LogP contribution in [-0.2, 0) is 11.8 Å². The van der Waals surface area contributed by atoms with Crippen LogP contribution in [0.3, 0.4) is 0 Å². The maximum atomic E-state index is 10.6. The fourth-order valence-electron chi connectivity index (χ4n) is 3.28. The highest BCUT2D eigenvalue weighted by molar-refractivity contribution is 5.92. The minimum atomic E-state index is -0.739. The molecule has 0 unspecified atom stereocenters. The Kier molecular flexibility index (Phi) is 5.29. The second-order valence-corrected chi connectivity index (χ2v) is 6.66. The molecular weight excluding hydrogens is 346 g/mol. The van der Waals surface area contributed by atoms with E-state index >= 15 is 0 Å². The van der Waals surface area contributed by atoms with Crippen LogP contribution >= 0.6 is 0 Å². The van der Waals surface area contributed by atoms with Crippen LogP contribution in [0.15, 0.2) is 18.2 Å². The van der Waals surface area contributed by atoms with E-state index in [2.05, 4.69) is 22.1 Å². The third-order valence-corrected chi connectivity index (χ3v) is 4.77. The number of para-hydroxylation sites is 1. The Hall–Kier alpha value is -3.10. The van der Waals surface area contributed by atoms with Gasteiger partial charge in [0.1, 0.15) is 5.82 Å². The molecule has 9 heteroatoms. The molecular formula is C18H25N7O2. The molecule has 0 aliphatic rings. The molecule has 144 valence electrons. The second-order valence-electron chi connectivity index (χ2n) is 6.66. The molecule has 9 nitrogen and oxygen atoms in total. The predicted octanol–water partition coefficient (Wildman–Crippen LogP) is 2.55. The van der Waals surface area contributed by atoms with Gasteiger partial charge >= 0.3 is 6.09 Å². The number of benzene rings is 1. The number of nitrogens with zero attached hydrogens (tertiary/aromatic N) is 5. The summed E-state index contributed by atoms with van der Waals surface area (Å²) >= 11 is 0. The predicted molar refractivity (Wildman–Crippen MR) is 103 cm³/mol. The van der Waals surface area contributed by atoms with E-state index in [9.17, 15) is 4.79 Å². The van der Waals surface area contributed by atoms with Crippen molar-refractivity contribution >= 4 is 23.1 Å². The number of hydrogen-bond donors (Lipinski definition) is 2. The van der Waals surface area contributed by atoms with Crippen LogP contribution in [0, 0.1) is 6.92 Å². The molecule has 3 aromatic rings. The number of anilines is 1. The SMILES string of the molecule is Cc1nnc(-c2cccc3nc(N)n([C@H](C)CCCCOC(N)=O)c23)n1C. The first-order valence-corrected chi connectivity index (χ1v) is 8.95. The number of primary amides is 1. The highest BCUT2D eigenvalue weighted by Gasteiger charge is 2.20. The number of ether oxygens (including phenoxy) is 1. The maximum Gasteiger partial charge on any atom is 0.404 e. The lowest BCUT2D eigenvalue weighted by atomic mass is 10.1. The summed E-state index contributed by atoms with van der Waals surface area (Å²) in [5, 5.41) is 8.48. The summed E-state index contributed by atoms with van der Waals surface area (Å²) in [6, 6.07) is 6.03. The first-order chi connectivity index (χ1) is 12.9. The summed E-state index contributed by atoms with van der Waals surface area (Å²) in [7, 11) is 1.94. The summed E-state index contributed by atoms with van der Waals surface area (Å²) in [5.74, 6) is 2.09. The summed E-state index contributed by atoms with van der Waals surface area (Å²) in [6.45, 7) is 4.34. The monoisotopic (exact) mass is 371 g/mol. The number of aryl methyl sites for hydroxylation is 1. The zero-order chi connectivity index (χ0) is 19.6. The number of nitrogens with two attached hydrogens (primary N) is 2. The molecule has 0 saturated carbocycles. The van der Waals surface area contributed by atoms with Gasteiger partial charge in [-0.15, -0.1) is 10.2 Å². The number of aromatic nitrogens is 5. The summed E-state index contributed by atoms with van der Waals surface area (Å²) < 4.78 is 8.78. The zero-order valence-corrected chi connectivity index (χ0v) is 15.8. The number of hydrogen-bond acceptors (Lipinski definition) is 6. The van der Waals surface area contributed by atoms with Crippen molar-refractivity contribution in [3.8, 4) is 11.4 Å². The Bertz CT molecular complexity index is 960. The molecule has 0 fully saturated rings. The number of carbonyl (C=O) groups excluding carboxylic acids is 1. The third-order valence-electron chi connectivity index (χ3n) is 4.77. The molecule has 2 heterocycles. The number of imidazole rings is 1. The lowest BCUT2D eigenvalue weighted by Crippen LogP contribution is -2.14. The Morgan fingerprint density at radius 1 is 1.30 bits per heavy atom. The van der Waals surface area contributed by atoms with E-state index in [1.807, 2.05) is 41.3 Å². The first-order valence-electron chi connectivity index (χ1n) is 8.95. The van der Waals surface area contributed by atoms with Crippen LogP contribution in [0.5, 0.6) is 0 Å². The fraction of sp³-hybridized carbons (Fsp3) is 0.444. The highest BCUT2D eigenvalue weighted by atomic mass is 16.5. The van der Waals surface area contributed by atoms with Gasteiger partial charge < -0.3 is 25.3 Å². The minimum absolute atomic E-state index is 0.124. The van der Waals surface area contributed by atoms with Gasteiger partial charge in [0.05, 0.1) is 17.6 Å². The maximum absolute atomic E-state index is 10.6. The average molecular weight is 371 g/mol. The lowest BCUT2D eigenvalue weighted by Gasteiger charge is -2.17. The van der Waals surface area contributed by atoms with E-state index in [0.29, 0.717) is 12.6 Å². The van der Waals surface area contributed by atoms with E-state index in [1.54, 1.807) is 0 Å². The van der Waals surface area contributed by atoms with Gasteiger partial charge in [-0.1, -0.05) is 6.07 Å². The first kappa shape index (κ1) is 18.7. The van der Waals surface area contributed by atoms with Crippen molar-refractivity contribution in [2.45, 2.75) is 39.2 Å². The van der Waals surface area contributed by atoms with Crippen LogP contribution in [0.4, 0.5) is 10.7 Å². The largest absolute Gasteiger partial charge is 0.450 e. The van der Waals surface area contributed by atoms with Crippen LogP contribution in [-0.4, -0.2) is 37.0 Å². The van der Waals surface area contributed by atoms with Crippen molar-refractivity contribution in [3.05, 3.63) is 24.0 Å². The van der Waals surface area contributed by atoms with Crippen molar-refractivity contribution < 1.29 is 9.53 Å². The van der Waals surface area contributed by atoms with Crippen LogP contribution in [0.25, 0.3) is 22.4 Å². The van der Waals surface area contributed by atoms with Crippen molar-refractivity contribution in [2.75, 3.05) is 12.3 Å². The minimum Gasteiger partial charge on any atom is -0.450 e. The Morgan fingerprint density at radius 3 is 2.74 bits per heavy atom. The summed E-state index contributed by atoms with van der Waals surface area (Å²) in [5.41, 5.74) is 13.9. The van der Waals surface area contributed by atoms with Gasteiger partial charge in [-0.25, -0.2) is 9.78 Å². The molecule has 0 aliphatic carbocycles. The molecule has 3 rings (SSSR count). The van der Waals surface area contributed by atoms with Gasteiger partial charge in [-0.3, -0.25) is 0 Å². The normalized spacial score (nSPS) is 12.4. The Morgan fingerprint density at radius 2 is 2.07 bits per heavy atom. The average Bonchev–Trinajstić information content (AvgIpc) is 3.13. The quantitative estimate of drug-likeness (QED) is 0.614. The number of unbranched alkanes of at least 4 members (excludes halogenated alkanes) is 1. The second kappa shape index (κ2) is 7.65. The number of amides is 1. The fourth-order valence-corrected chi connectivity index (χ4v) is 3.28. The van der Waals surface area contributed by atoms with Gasteiger partial charge in [0, 0.05) is 18.7 Å². The number of fused-ring (bicyclic) bond motifs is 1. The van der Waals surface area contributed by atoms with Crippen LogP contribution in [0.1, 0.15) is 38.1 Å². The van der Waals surface area contributed by atoms with Crippen LogP contribution < -0.4 is 11.5 Å². The van der Waals surface area contributed by atoms with Crippen molar-refractivity contribution in [1.82, 2.24) is 24.3 Å². The van der Waals surface area contributed by atoms with Gasteiger partial charge in [0.25, 0.3) is 0 Å². The molecule has 4 N–H and O–H groups in total. The van der Waals surface area contributed by atoms with Gasteiger partial charge in [-0.2, -0.15) is 0 Å². The standard InChI is InChI=1S/C18H25N7O2/c1-11(7-4-5-10-27-18(20)26)25-15-13(16-23-22-12(2)24(16)3)8-6-9-14(15)21-17(25)19/h6,8-9,11H,4-5,7,10H2,1-3H3,(H2,19,21)(H2,20,26)/t11-/m1/s1. The Labute approximate surface area is 157 Å². The highest BCUT2D eigenvalue weighted by Crippen LogP contribution is 2.33. The Balaban J connectivity index is 1.90. The molecule has 0 spiro atoms. The van der Waals surface area contributed by atoms with E-state index in [-0.39, 0.29) is 6.04 Å². The molecule has 0 saturated heterocycles. The molecule has 0 radical (unpaired) electrons. The van der Waals surface area contributed by atoms with Crippen molar-refractivity contribution in [2.24, 2.45) is 12.8 Å². The zero-order valence-electron chi connectivity index (χ0n) is 15.8. The lowest BCUT2D eigenvalue weighted by molar-refractivity contribution is 0.154. The molecule has 0 bridgehead atoms. The van der Waals surface area contributed by atoms with Crippen LogP contribution in [0.2, 0.25) is 0 Å². The molecule has 27 heavy (non-hydrogen) atoms. The van der Waals surface area contributed by atoms with E-state index < -0.39 is 6.09 Å². The van der Waals surface area contributed by atoms with E-state index in [4.69, 9.17) is 16.2 Å². The van der Waals surface area contributed by atoms with Gasteiger partial charge in [0.2, 0.25) is 5.95 Å². The molecule has 1 aromatic carbocycles. The number of carbonyl (C=O) groups is 1. The van der Waals surface area contributed by atoms with Crippen molar-refractivity contribution in [3.63, 3.8) is 0 Å². The topological polar surface area (TPSA) is 127 Å². The van der Waals surface area contributed by atoms with Crippen molar-refractivity contribution in [1.29, 1.82) is 0 Å². The van der Waals surface area contributed by atoms with E-state index in [0.717, 1.165) is 47.5 Å². The van der Waals surface area contributed by atoms with E-state index in [1.165, 1.54) is 0 Å². The molecule has 1 atom stereocenters. The smallest absolute Gasteiger partial charge is 0.404 e. The summed E-state index contributed by atoms with van der Waals surface area (Å²) in [4.78, 5) is 15.2. The number of nitrogen functional groups attached to an aromatic ring is 1. The molecule has 1 amide bonds. The van der Waals surface area contributed by atoms with Gasteiger partial charge in [-0.05, 0) is 45.2 Å². The molecule has 0 aliphatic heterocycles. The summed E-state index contributed by atoms with van der Waals surface area (Å²) in [6.07, 6.45) is 1.74. The number of rotatable bonds is 7. The molecule has 2 aromatic heterocycles.